The summed E-state index contributed by atoms with van der Waals surface area (Å²) in [6.07, 6.45) is 1.59. The molecule has 0 fully saturated rings. The van der Waals surface area contributed by atoms with Gasteiger partial charge in [0.15, 0.2) is 0 Å². The molecular formula is C10H7I3N2O. The minimum Gasteiger partial charge on any atom is -0.492 e. The number of benzene rings is 1. The molecule has 2 rings (SSSR count). The first-order valence-corrected chi connectivity index (χ1v) is 8.19. The number of aromatic nitrogens is 2. The first-order chi connectivity index (χ1) is 7.72. The second-order valence-corrected chi connectivity index (χ2v) is 6.35. The molecule has 1 aromatic heterocycles. The summed E-state index contributed by atoms with van der Waals surface area (Å²) in [4.78, 5) is 8.47. The van der Waals surface area contributed by atoms with Gasteiger partial charge >= 0.3 is 0 Å². The Kier molecular flexibility index (Phi) is 4.82. The molecule has 0 aliphatic heterocycles. The van der Waals surface area contributed by atoms with Gasteiger partial charge in [-0.25, -0.2) is 9.97 Å². The Bertz CT molecular complexity index is 519. The predicted molar refractivity (Wildman–Crippen MR) is 89.4 cm³/mol. The Morgan fingerprint density at radius 1 is 1.19 bits per heavy atom. The molecule has 16 heavy (non-hydrogen) atoms. The highest BCUT2D eigenvalue weighted by atomic mass is 127. The van der Waals surface area contributed by atoms with E-state index >= 15 is 0 Å². The van der Waals surface area contributed by atoms with Gasteiger partial charge in [0.2, 0.25) is 0 Å². The number of hydrogen-bond donors (Lipinski definition) is 0. The van der Waals surface area contributed by atoms with E-state index in [4.69, 9.17) is 4.74 Å². The lowest BCUT2D eigenvalue weighted by Crippen LogP contribution is -2.00. The van der Waals surface area contributed by atoms with E-state index in [0.717, 1.165) is 28.4 Å². The highest BCUT2D eigenvalue weighted by Gasteiger charge is 2.09. The molecule has 1 aromatic carbocycles. The van der Waals surface area contributed by atoms with E-state index in [0.29, 0.717) is 6.61 Å². The van der Waals surface area contributed by atoms with Crippen LogP contribution < -0.4 is 4.74 Å². The van der Waals surface area contributed by atoms with E-state index in [1.807, 2.05) is 12.1 Å². The first kappa shape index (κ1) is 13.0. The van der Waals surface area contributed by atoms with E-state index in [1.54, 1.807) is 6.33 Å². The van der Waals surface area contributed by atoms with Crippen molar-refractivity contribution in [1.82, 2.24) is 9.97 Å². The van der Waals surface area contributed by atoms with Crippen LogP contribution in [0.1, 0.15) is 0 Å². The van der Waals surface area contributed by atoms with Gasteiger partial charge in [-0.3, -0.25) is 0 Å². The smallest absolute Gasteiger partial charge is 0.132 e. The van der Waals surface area contributed by atoms with Gasteiger partial charge in [-0.05, 0) is 57.3 Å². The third-order valence-corrected chi connectivity index (χ3v) is 3.84. The van der Waals surface area contributed by atoms with E-state index in [9.17, 15) is 0 Å². The molecule has 84 valence electrons. The molecule has 0 atom stereocenters. The Morgan fingerprint density at radius 3 is 2.75 bits per heavy atom. The van der Waals surface area contributed by atoms with Crippen molar-refractivity contribution >= 4 is 78.7 Å². The average Bonchev–Trinajstić information content (AvgIpc) is 2.25. The quantitative estimate of drug-likeness (QED) is 0.332. The van der Waals surface area contributed by atoms with Crippen LogP contribution in [0.5, 0.6) is 5.75 Å². The molecule has 0 unspecified atom stereocenters. The average molecular weight is 552 g/mol. The SMILES string of the molecule is ICCOc1cc(I)cc2ncnc(I)c12. The van der Waals surface area contributed by atoms with Gasteiger partial charge in [-0.1, -0.05) is 22.6 Å². The fourth-order valence-electron chi connectivity index (χ4n) is 1.35. The molecule has 6 heteroatoms. The second kappa shape index (κ2) is 5.94. The van der Waals surface area contributed by atoms with Crippen LogP contribution in [-0.4, -0.2) is 21.0 Å². The van der Waals surface area contributed by atoms with Crippen molar-refractivity contribution in [3.05, 3.63) is 25.7 Å². The fraction of sp³-hybridized carbons (Fsp3) is 0.200. The monoisotopic (exact) mass is 552 g/mol. The van der Waals surface area contributed by atoms with Gasteiger partial charge in [-0.15, -0.1) is 0 Å². The minimum absolute atomic E-state index is 0.709. The van der Waals surface area contributed by atoms with Gasteiger partial charge in [-0.2, -0.15) is 0 Å². The maximum Gasteiger partial charge on any atom is 0.132 e. The van der Waals surface area contributed by atoms with Gasteiger partial charge in [0.05, 0.1) is 17.5 Å². The third-order valence-electron chi connectivity index (χ3n) is 1.96. The molecule has 3 nitrogen and oxygen atoms in total. The lowest BCUT2D eigenvalue weighted by Gasteiger charge is -2.09. The van der Waals surface area contributed by atoms with Crippen LogP contribution in [0.15, 0.2) is 18.5 Å². The number of hydrogen-bond acceptors (Lipinski definition) is 3. The van der Waals surface area contributed by atoms with Crippen LogP contribution in [-0.2, 0) is 0 Å². The van der Waals surface area contributed by atoms with Gasteiger partial charge in [0, 0.05) is 8.00 Å². The summed E-state index contributed by atoms with van der Waals surface area (Å²) in [6.45, 7) is 0.709. The highest BCUT2D eigenvalue weighted by molar-refractivity contribution is 14.1. The minimum atomic E-state index is 0.709. The molecule has 0 aliphatic carbocycles. The van der Waals surface area contributed by atoms with Crippen molar-refractivity contribution in [2.75, 3.05) is 11.0 Å². The van der Waals surface area contributed by atoms with Gasteiger partial charge in [0.1, 0.15) is 15.8 Å². The fourth-order valence-corrected chi connectivity index (χ4v) is 2.81. The van der Waals surface area contributed by atoms with Crippen molar-refractivity contribution in [2.24, 2.45) is 0 Å². The molecule has 0 aliphatic rings. The van der Waals surface area contributed by atoms with E-state index in [-0.39, 0.29) is 0 Å². The summed E-state index contributed by atoms with van der Waals surface area (Å²) < 4.78 is 8.76. The van der Waals surface area contributed by atoms with Crippen molar-refractivity contribution in [3.8, 4) is 5.75 Å². The Balaban J connectivity index is 2.60. The molecular weight excluding hydrogens is 545 g/mol. The van der Waals surface area contributed by atoms with Crippen molar-refractivity contribution in [2.45, 2.75) is 0 Å². The summed E-state index contributed by atoms with van der Waals surface area (Å²) in [5, 5.41) is 1.01. The topological polar surface area (TPSA) is 35.0 Å². The number of ether oxygens (including phenoxy) is 1. The number of nitrogens with zero attached hydrogens (tertiary/aromatic N) is 2. The molecule has 0 saturated heterocycles. The van der Waals surface area contributed by atoms with Crippen molar-refractivity contribution in [3.63, 3.8) is 0 Å². The number of fused-ring (bicyclic) bond motifs is 1. The zero-order valence-corrected chi connectivity index (χ0v) is 14.6. The standard InChI is InChI=1S/C10H7I3N2O/c11-1-2-16-8-4-6(12)3-7-9(8)10(13)15-5-14-7/h3-5H,1-2H2. The zero-order valence-electron chi connectivity index (χ0n) is 8.08. The molecule has 0 radical (unpaired) electrons. The molecule has 1 heterocycles. The van der Waals surface area contributed by atoms with Crippen LogP contribution in [0, 0.1) is 7.27 Å². The zero-order chi connectivity index (χ0) is 11.5. The van der Waals surface area contributed by atoms with Crippen molar-refractivity contribution < 1.29 is 4.74 Å². The van der Waals surface area contributed by atoms with Gasteiger partial charge in [0.25, 0.3) is 0 Å². The Labute approximate surface area is 134 Å². The number of halogens is 3. The molecule has 0 amide bonds. The maximum absolute atomic E-state index is 5.73. The van der Waals surface area contributed by atoms with Crippen LogP contribution in [0.25, 0.3) is 10.9 Å². The summed E-state index contributed by atoms with van der Waals surface area (Å²) in [6, 6.07) is 4.07. The molecule has 2 aromatic rings. The lowest BCUT2D eigenvalue weighted by molar-refractivity contribution is 0.350. The molecule has 0 saturated carbocycles. The van der Waals surface area contributed by atoms with Crippen LogP contribution >= 0.6 is 67.8 Å². The third kappa shape index (κ3) is 2.86. The maximum atomic E-state index is 5.73. The van der Waals surface area contributed by atoms with E-state index < -0.39 is 0 Å². The summed E-state index contributed by atoms with van der Waals surface area (Å²) >= 11 is 6.78. The summed E-state index contributed by atoms with van der Waals surface area (Å²) in [5.41, 5.74) is 0.940. The summed E-state index contributed by atoms with van der Waals surface area (Å²) in [7, 11) is 0. The number of rotatable bonds is 3. The highest BCUT2D eigenvalue weighted by Crippen LogP contribution is 2.29. The lowest BCUT2D eigenvalue weighted by atomic mass is 10.2. The van der Waals surface area contributed by atoms with Crippen LogP contribution in [0.3, 0.4) is 0 Å². The summed E-state index contributed by atoms with van der Waals surface area (Å²) in [5.74, 6) is 0.878. The van der Waals surface area contributed by atoms with Crippen molar-refractivity contribution in [1.29, 1.82) is 0 Å². The van der Waals surface area contributed by atoms with Gasteiger partial charge < -0.3 is 4.74 Å². The van der Waals surface area contributed by atoms with Crippen LogP contribution in [0.2, 0.25) is 0 Å². The first-order valence-electron chi connectivity index (χ1n) is 4.51. The Hall–Kier alpha value is 0.550. The molecule has 0 bridgehead atoms. The Morgan fingerprint density at radius 2 is 2.00 bits per heavy atom. The molecule has 0 spiro atoms. The molecule has 0 N–H and O–H groups in total. The van der Waals surface area contributed by atoms with E-state index in [1.165, 1.54) is 0 Å². The normalized spacial score (nSPS) is 10.7. The second-order valence-electron chi connectivity index (χ2n) is 3.00. The largest absolute Gasteiger partial charge is 0.492 e. The predicted octanol–water partition coefficient (Wildman–Crippen LogP) is 3.65. The van der Waals surface area contributed by atoms with Crippen LogP contribution in [0.4, 0.5) is 0 Å². The number of alkyl halides is 1. The van der Waals surface area contributed by atoms with E-state index in [2.05, 4.69) is 77.7 Å².